The van der Waals surface area contributed by atoms with Gasteiger partial charge in [0.2, 0.25) is 5.95 Å². The third-order valence-corrected chi connectivity index (χ3v) is 5.51. The van der Waals surface area contributed by atoms with Crippen LogP contribution >= 0.6 is 0 Å². The highest BCUT2D eigenvalue weighted by Gasteiger charge is 2.23. The van der Waals surface area contributed by atoms with Gasteiger partial charge in [0.1, 0.15) is 11.9 Å². The molecule has 1 saturated heterocycles. The summed E-state index contributed by atoms with van der Waals surface area (Å²) in [6, 6.07) is 11.9. The van der Waals surface area contributed by atoms with Gasteiger partial charge in [-0.2, -0.15) is 0 Å². The summed E-state index contributed by atoms with van der Waals surface area (Å²) in [5.41, 5.74) is 5.53. The second-order valence-electron chi connectivity index (χ2n) is 8.20. The lowest BCUT2D eigenvalue weighted by Gasteiger charge is -2.32. The lowest BCUT2D eigenvalue weighted by atomic mass is 10.1. The van der Waals surface area contributed by atoms with E-state index in [2.05, 4.69) is 31.2 Å². The number of aliphatic hydroxyl groups excluding tert-OH is 1. The average Bonchev–Trinajstić information content (AvgIpc) is 2.80. The van der Waals surface area contributed by atoms with Crippen LogP contribution in [0.25, 0.3) is 0 Å². The lowest BCUT2D eigenvalue weighted by molar-refractivity contribution is -0.0349. The van der Waals surface area contributed by atoms with Crippen molar-refractivity contribution in [3.05, 3.63) is 70.8 Å². The highest BCUT2D eigenvalue weighted by atomic mass is 16.5. The number of anilines is 2. The van der Waals surface area contributed by atoms with Crippen LogP contribution in [0.2, 0.25) is 0 Å². The SMILES string of the molecule is CCOc1ccc(CN2CCO[C@@H](c3ccc(Nc4nc(C)cc(C)n4)cn3)C2)cc1CO. The van der Waals surface area contributed by atoms with Crippen molar-refractivity contribution in [3.8, 4) is 5.75 Å². The van der Waals surface area contributed by atoms with Crippen LogP contribution in [0, 0.1) is 13.8 Å². The fourth-order valence-electron chi connectivity index (χ4n) is 4.01. The van der Waals surface area contributed by atoms with Crippen LogP contribution in [0.15, 0.2) is 42.6 Å². The maximum atomic E-state index is 9.67. The first-order valence-corrected chi connectivity index (χ1v) is 11.3. The largest absolute Gasteiger partial charge is 0.494 e. The lowest BCUT2D eigenvalue weighted by Crippen LogP contribution is -2.38. The summed E-state index contributed by atoms with van der Waals surface area (Å²) in [4.78, 5) is 15.8. The van der Waals surface area contributed by atoms with Crippen LogP contribution in [-0.4, -0.2) is 51.3 Å². The van der Waals surface area contributed by atoms with Crippen molar-refractivity contribution in [2.24, 2.45) is 0 Å². The van der Waals surface area contributed by atoms with Crippen molar-refractivity contribution in [1.29, 1.82) is 0 Å². The summed E-state index contributed by atoms with van der Waals surface area (Å²) < 4.78 is 11.6. The summed E-state index contributed by atoms with van der Waals surface area (Å²) in [6.07, 6.45) is 1.70. The van der Waals surface area contributed by atoms with Gasteiger partial charge in [0.05, 0.1) is 37.4 Å². The van der Waals surface area contributed by atoms with Gasteiger partial charge in [-0.15, -0.1) is 0 Å². The number of benzene rings is 1. The van der Waals surface area contributed by atoms with Gasteiger partial charge >= 0.3 is 0 Å². The Labute approximate surface area is 194 Å². The summed E-state index contributed by atoms with van der Waals surface area (Å²) >= 11 is 0. The molecule has 174 valence electrons. The van der Waals surface area contributed by atoms with Gasteiger partial charge in [-0.25, -0.2) is 9.97 Å². The highest BCUT2D eigenvalue weighted by molar-refractivity contribution is 5.52. The molecule has 3 heterocycles. The molecule has 0 spiro atoms. The molecule has 4 rings (SSSR count). The molecule has 0 amide bonds. The molecule has 0 radical (unpaired) electrons. The van der Waals surface area contributed by atoms with E-state index in [4.69, 9.17) is 9.47 Å². The molecule has 0 unspecified atom stereocenters. The molecule has 0 bridgehead atoms. The molecule has 1 aliphatic heterocycles. The van der Waals surface area contributed by atoms with E-state index in [0.29, 0.717) is 19.2 Å². The molecule has 3 aromatic rings. The van der Waals surface area contributed by atoms with E-state index in [9.17, 15) is 5.11 Å². The van der Waals surface area contributed by atoms with E-state index in [1.807, 2.05) is 51.1 Å². The summed E-state index contributed by atoms with van der Waals surface area (Å²) in [5, 5.41) is 12.9. The molecule has 2 N–H and O–H groups in total. The summed E-state index contributed by atoms with van der Waals surface area (Å²) in [7, 11) is 0. The molecule has 8 heteroatoms. The van der Waals surface area contributed by atoms with Crippen LogP contribution < -0.4 is 10.1 Å². The molecule has 0 saturated carbocycles. The first-order chi connectivity index (χ1) is 16.0. The van der Waals surface area contributed by atoms with E-state index in [1.165, 1.54) is 0 Å². The molecule has 1 atom stereocenters. The number of nitrogens with one attached hydrogen (secondary N) is 1. The van der Waals surface area contributed by atoms with Gasteiger partial charge in [0.25, 0.3) is 0 Å². The Balaban J connectivity index is 1.39. The molecular formula is C25H31N5O3. The van der Waals surface area contributed by atoms with Crippen molar-refractivity contribution in [2.45, 2.75) is 40.0 Å². The molecular weight excluding hydrogens is 418 g/mol. The van der Waals surface area contributed by atoms with Crippen molar-refractivity contribution >= 4 is 11.6 Å². The predicted molar refractivity (Wildman–Crippen MR) is 127 cm³/mol. The quantitative estimate of drug-likeness (QED) is 0.538. The van der Waals surface area contributed by atoms with Crippen LogP contribution in [0.5, 0.6) is 5.75 Å². The third kappa shape index (κ3) is 6.04. The zero-order valence-electron chi connectivity index (χ0n) is 19.4. The Morgan fingerprint density at radius 3 is 2.67 bits per heavy atom. The van der Waals surface area contributed by atoms with E-state index in [0.717, 1.165) is 59.3 Å². The van der Waals surface area contributed by atoms with Gasteiger partial charge in [0.15, 0.2) is 0 Å². The van der Waals surface area contributed by atoms with Crippen molar-refractivity contribution < 1.29 is 14.6 Å². The Bertz CT molecular complexity index is 1050. The Morgan fingerprint density at radius 2 is 1.97 bits per heavy atom. The number of aryl methyl sites for hydroxylation is 2. The Morgan fingerprint density at radius 1 is 1.15 bits per heavy atom. The number of morpholine rings is 1. The molecule has 0 aliphatic carbocycles. The number of aromatic nitrogens is 3. The fraction of sp³-hybridized carbons (Fsp3) is 0.400. The molecule has 33 heavy (non-hydrogen) atoms. The number of aliphatic hydroxyl groups is 1. The number of rotatable bonds is 8. The summed E-state index contributed by atoms with van der Waals surface area (Å²) in [5.74, 6) is 1.31. The second kappa shape index (κ2) is 10.7. The smallest absolute Gasteiger partial charge is 0.227 e. The van der Waals surface area contributed by atoms with Gasteiger partial charge in [-0.3, -0.25) is 9.88 Å². The molecule has 1 aliphatic rings. The maximum Gasteiger partial charge on any atom is 0.227 e. The maximum absolute atomic E-state index is 9.67. The Kier molecular flexibility index (Phi) is 7.49. The molecule has 1 aromatic carbocycles. The predicted octanol–water partition coefficient (Wildman–Crippen LogP) is 3.70. The van der Waals surface area contributed by atoms with Crippen LogP contribution in [-0.2, 0) is 17.9 Å². The minimum Gasteiger partial charge on any atom is -0.494 e. The van der Waals surface area contributed by atoms with Crippen molar-refractivity contribution in [1.82, 2.24) is 19.9 Å². The van der Waals surface area contributed by atoms with Crippen LogP contribution in [0.4, 0.5) is 11.6 Å². The van der Waals surface area contributed by atoms with E-state index >= 15 is 0 Å². The minimum absolute atomic E-state index is 0.0353. The summed E-state index contributed by atoms with van der Waals surface area (Å²) in [6.45, 7) is 9.41. The molecule has 8 nitrogen and oxygen atoms in total. The first kappa shape index (κ1) is 23.1. The van der Waals surface area contributed by atoms with Gasteiger partial charge in [-0.1, -0.05) is 6.07 Å². The zero-order valence-corrected chi connectivity index (χ0v) is 19.4. The first-order valence-electron chi connectivity index (χ1n) is 11.3. The Hall–Kier alpha value is -3.07. The van der Waals surface area contributed by atoms with E-state index in [-0.39, 0.29) is 12.7 Å². The number of pyridine rings is 1. The fourth-order valence-corrected chi connectivity index (χ4v) is 4.01. The molecule has 1 fully saturated rings. The topological polar surface area (TPSA) is 92.6 Å². The zero-order chi connectivity index (χ0) is 23.2. The van der Waals surface area contributed by atoms with Gasteiger partial charge in [-0.05, 0) is 56.7 Å². The second-order valence-corrected chi connectivity index (χ2v) is 8.20. The average molecular weight is 450 g/mol. The van der Waals surface area contributed by atoms with Crippen molar-refractivity contribution in [2.75, 3.05) is 31.6 Å². The molecule has 2 aromatic heterocycles. The van der Waals surface area contributed by atoms with Gasteiger partial charge in [0, 0.05) is 36.6 Å². The van der Waals surface area contributed by atoms with Crippen molar-refractivity contribution in [3.63, 3.8) is 0 Å². The monoisotopic (exact) mass is 449 g/mol. The number of ether oxygens (including phenoxy) is 2. The number of nitrogens with zero attached hydrogens (tertiary/aromatic N) is 4. The highest BCUT2D eigenvalue weighted by Crippen LogP contribution is 2.25. The van der Waals surface area contributed by atoms with Gasteiger partial charge < -0.3 is 19.9 Å². The third-order valence-electron chi connectivity index (χ3n) is 5.51. The number of hydrogen-bond acceptors (Lipinski definition) is 8. The van der Waals surface area contributed by atoms with Crippen LogP contribution in [0.1, 0.15) is 41.2 Å². The van der Waals surface area contributed by atoms with E-state index in [1.54, 1.807) is 6.20 Å². The van der Waals surface area contributed by atoms with Crippen LogP contribution in [0.3, 0.4) is 0 Å². The number of hydrogen-bond donors (Lipinski definition) is 2. The minimum atomic E-state index is -0.0923. The normalized spacial score (nSPS) is 16.5. The standard InChI is InChI=1S/C25H31N5O3/c1-4-32-23-8-5-19(12-20(23)16-31)14-30-9-10-33-24(15-30)22-7-6-21(13-26-22)29-25-27-17(2)11-18(3)28-25/h5-8,11-13,24,31H,4,9-10,14-16H2,1-3H3,(H,27,28,29)/t24-/m1/s1. The van der Waals surface area contributed by atoms with E-state index < -0.39 is 0 Å².